The first kappa shape index (κ1) is 16.0. The summed E-state index contributed by atoms with van der Waals surface area (Å²) in [6.07, 6.45) is -0.376. The van der Waals surface area contributed by atoms with E-state index in [9.17, 15) is 5.11 Å². The lowest BCUT2D eigenvalue weighted by molar-refractivity contribution is 0.0152. The molecule has 1 unspecified atom stereocenters. The molecule has 0 bridgehead atoms. The molecule has 0 radical (unpaired) electrons. The van der Waals surface area contributed by atoms with Crippen LogP contribution in [0, 0.1) is 0 Å². The molecule has 21 heavy (non-hydrogen) atoms. The molecule has 0 fully saturated rings. The summed E-state index contributed by atoms with van der Waals surface area (Å²) in [5, 5.41) is 19.1. The van der Waals surface area contributed by atoms with E-state index in [1.54, 1.807) is 0 Å². The molecule has 0 aliphatic carbocycles. The molecule has 1 atom stereocenters. The van der Waals surface area contributed by atoms with Crippen LogP contribution in [0.25, 0.3) is 11.4 Å². The monoisotopic (exact) mass is 307 g/mol. The minimum absolute atomic E-state index is 0.129. The number of hydrogen-bond donors (Lipinski definition) is 1. The number of hydrogen-bond acceptors (Lipinski definition) is 5. The topological polar surface area (TPSA) is 60.2 Å². The fourth-order valence-corrected chi connectivity index (χ4v) is 2.62. The first-order valence-corrected chi connectivity index (χ1v) is 7.93. The van der Waals surface area contributed by atoms with Gasteiger partial charge in [-0.05, 0) is 13.8 Å². The summed E-state index contributed by atoms with van der Waals surface area (Å²) in [6.45, 7) is 4.25. The summed E-state index contributed by atoms with van der Waals surface area (Å²) in [6, 6.07) is 9.93. The molecule has 1 aromatic heterocycles. The van der Waals surface area contributed by atoms with Gasteiger partial charge in [0, 0.05) is 18.4 Å². The van der Waals surface area contributed by atoms with E-state index in [-0.39, 0.29) is 6.10 Å². The van der Waals surface area contributed by atoms with E-state index >= 15 is 0 Å². The second-order valence-electron chi connectivity index (χ2n) is 5.08. The Morgan fingerprint density at radius 1 is 1.24 bits per heavy atom. The zero-order chi connectivity index (χ0) is 15.2. The van der Waals surface area contributed by atoms with E-state index in [2.05, 4.69) is 10.2 Å². The van der Waals surface area contributed by atoms with Gasteiger partial charge in [0.1, 0.15) is 0 Å². The standard InChI is InChI=1S/C15H21N3O2S/c1-11(2)20-9-13(19)10-21-15-17-16-14(18(15)3)12-7-5-4-6-8-12/h4-8,11,13,19H,9-10H2,1-3H3. The number of benzene rings is 1. The van der Waals surface area contributed by atoms with Crippen LogP contribution in [0.5, 0.6) is 0 Å². The Hall–Kier alpha value is -1.37. The largest absolute Gasteiger partial charge is 0.390 e. The Balaban J connectivity index is 1.95. The molecule has 0 aliphatic heterocycles. The van der Waals surface area contributed by atoms with Crippen LogP contribution in [-0.4, -0.2) is 44.4 Å². The van der Waals surface area contributed by atoms with Crippen molar-refractivity contribution in [1.29, 1.82) is 0 Å². The minimum atomic E-state index is -0.505. The quantitative estimate of drug-likeness (QED) is 0.796. The Kier molecular flexibility index (Phi) is 5.78. The van der Waals surface area contributed by atoms with E-state index in [4.69, 9.17) is 4.74 Å². The summed E-state index contributed by atoms with van der Waals surface area (Å²) in [4.78, 5) is 0. The lowest BCUT2D eigenvalue weighted by Gasteiger charge is -2.12. The smallest absolute Gasteiger partial charge is 0.191 e. The lowest BCUT2D eigenvalue weighted by Crippen LogP contribution is -2.20. The van der Waals surface area contributed by atoms with Gasteiger partial charge < -0.3 is 14.4 Å². The molecule has 6 heteroatoms. The minimum Gasteiger partial charge on any atom is -0.390 e. The predicted molar refractivity (Wildman–Crippen MR) is 84.3 cm³/mol. The molecule has 0 saturated heterocycles. The molecule has 1 aromatic carbocycles. The van der Waals surface area contributed by atoms with Gasteiger partial charge in [-0.2, -0.15) is 0 Å². The molecule has 1 N–H and O–H groups in total. The van der Waals surface area contributed by atoms with Crippen LogP contribution in [-0.2, 0) is 11.8 Å². The van der Waals surface area contributed by atoms with E-state index in [0.29, 0.717) is 12.4 Å². The molecule has 2 aromatic rings. The van der Waals surface area contributed by atoms with Gasteiger partial charge in [-0.1, -0.05) is 42.1 Å². The Bertz CT molecular complexity index is 557. The van der Waals surface area contributed by atoms with Gasteiger partial charge in [0.15, 0.2) is 11.0 Å². The van der Waals surface area contributed by atoms with Gasteiger partial charge in [0.2, 0.25) is 0 Å². The van der Waals surface area contributed by atoms with Crippen LogP contribution in [0.4, 0.5) is 0 Å². The van der Waals surface area contributed by atoms with E-state index in [0.717, 1.165) is 16.5 Å². The highest BCUT2D eigenvalue weighted by Gasteiger charge is 2.13. The van der Waals surface area contributed by atoms with Crippen LogP contribution in [0.3, 0.4) is 0 Å². The Morgan fingerprint density at radius 2 is 1.95 bits per heavy atom. The molecule has 2 rings (SSSR count). The maximum absolute atomic E-state index is 9.87. The maximum Gasteiger partial charge on any atom is 0.191 e. The SMILES string of the molecule is CC(C)OCC(O)CSc1nnc(-c2ccccc2)n1C. The van der Waals surface area contributed by atoms with Crippen molar-refractivity contribution in [2.24, 2.45) is 7.05 Å². The number of aliphatic hydroxyl groups is 1. The number of nitrogens with zero attached hydrogens (tertiary/aromatic N) is 3. The number of ether oxygens (including phenoxy) is 1. The highest BCUT2D eigenvalue weighted by Crippen LogP contribution is 2.22. The summed E-state index contributed by atoms with van der Waals surface area (Å²) in [5.74, 6) is 1.36. The second-order valence-corrected chi connectivity index (χ2v) is 6.07. The van der Waals surface area contributed by atoms with Crippen molar-refractivity contribution in [1.82, 2.24) is 14.8 Å². The van der Waals surface area contributed by atoms with Crippen molar-refractivity contribution >= 4 is 11.8 Å². The molecule has 0 amide bonds. The van der Waals surface area contributed by atoms with Gasteiger partial charge in [0.05, 0.1) is 18.8 Å². The highest BCUT2D eigenvalue weighted by molar-refractivity contribution is 7.99. The third-order valence-corrected chi connectivity index (χ3v) is 4.06. The Labute approximate surface area is 129 Å². The van der Waals surface area contributed by atoms with Gasteiger partial charge in [-0.3, -0.25) is 0 Å². The third-order valence-electron chi connectivity index (χ3n) is 2.89. The molecule has 0 aliphatic rings. The zero-order valence-corrected chi connectivity index (χ0v) is 13.4. The number of aromatic nitrogens is 3. The first-order chi connectivity index (χ1) is 10.1. The molecular formula is C15H21N3O2S. The van der Waals surface area contributed by atoms with Gasteiger partial charge in [-0.25, -0.2) is 0 Å². The molecule has 1 heterocycles. The average Bonchev–Trinajstić information content (AvgIpc) is 2.85. The van der Waals surface area contributed by atoms with Crippen LogP contribution in [0.1, 0.15) is 13.8 Å². The van der Waals surface area contributed by atoms with Gasteiger partial charge in [0.25, 0.3) is 0 Å². The normalized spacial score (nSPS) is 12.8. The van der Waals surface area contributed by atoms with E-state index in [1.807, 2.05) is 55.8 Å². The van der Waals surface area contributed by atoms with Crippen LogP contribution in [0.2, 0.25) is 0 Å². The second kappa shape index (κ2) is 7.59. The number of rotatable bonds is 7. The fraction of sp³-hybridized carbons (Fsp3) is 0.467. The van der Waals surface area contributed by atoms with Crippen LogP contribution >= 0.6 is 11.8 Å². The number of thioether (sulfide) groups is 1. The van der Waals surface area contributed by atoms with Crippen molar-refractivity contribution in [3.63, 3.8) is 0 Å². The predicted octanol–water partition coefficient (Wildman–Crippen LogP) is 2.36. The molecule has 5 nitrogen and oxygen atoms in total. The number of aliphatic hydroxyl groups excluding tert-OH is 1. The average molecular weight is 307 g/mol. The summed E-state index contributed by atoms with van der Waals surface area (Å²) in [5.41, 5.74) is 1.03. The summed E-state index contributed by atoms with van der Waals surface area (Å²) >= 11 is 1.48. The molecular weight excluding hydrogens is 286 g/mol. The third kappa shape index (κ3) is 4.56. The fourth-order valence-electron chi connectivity index (χ4n) is 1.80. The van der Waals surface area contributed by atoms with Crippen molar-refractivity contribution < 1.29 is 9.84 Å². The maximum atomic E-state index is 9.87. The highest BCUT2D eigenvalue weighted by atomic mass is 32.2. The Morgan fingerprint density at radius 3 is 2.62 bits per heavy atom. The summed E-state index contributed by atoms with van der Waals surface area (Å²) < 4.78 is 7.33. The molecule has 0 saturated carbocycles. The summed E-state index contributed by atoms with van der Waals surface area (Å²) in [7, 11) is 1.93. The molecule has 114 valence electrons. The van der Waals surface area contributed by atoms with Crippen molar-refractivity contribution in [3.05, 3.63) is 30.3 Å². The van der Waals surface area contributed by atoms with Gasteiger partial charge in [-0.15, -0.1) is 10.2 Å². The first-order valence-electron chi connectivity index (χ1n) is 6.95. The van der Waals surface area contributed by atoms with Crippen molar-refractivity contribution in [3.8, 4) is 11.4 Å². The van der Waals surface area contributed by atoms with E-state index < -0.39 is 6.10 Å². The van der Waals surface area contributed by atoms with Crippen LogP contribution < -0.4 is 0 Å². The van der Waals surface area contributed by atoms with Gasteiger partial charge >= 0.3 is 0 Å². The van der Waals surface area contributed by atoms with Crippen LogP contribution in [0.15, 0.2) is 35.5 Å². The van der Waals surface area contributed by atoms with E-state index in [1.165, 1.54) is 11.8 Å². The molecule has 0 spiro atoms. The zero-order valence-electron chi connectivity index (χ0n) is 12.6. The van der Waals surface area contributed by atoms with Crippen molar-refractivity contribution in [2.75, 3.05) is 12.4 Å². The lowest BCUT2D eigenvalue weighted by atomic mass is 10.2. The van der Waals surface area contributed by atoms with Crippen molar-refractivity contribution in [2.45, 2.75) is 31.2 Å².